The van der Waals surface area contributed by atoms with Crippen molar-refractivity contribution in [3.05, 3.63) is 100 Å². The molecule has 0 aliphatic carbocycles. The lowest BCUT2D eigenvalue weighted by atomic mass is 9.97. The molecule has 0 saturated carbocycles. The number of rotatable bonds is 9. The van der Waals surface area contributed by atoms with Crippen LogP contribution in [-0.2, 0) is 21.7 Å². The van der Waals surface area contributed by atoms with Crippen LogP contribution in [0.1, 0.15) is 42.3 Å². The summed E-state index contributed by atoms with van der Waals surface area (Å²) in [6.45, 7) is 3.62. The van der Waals surface area contributed by atoms with Gasteiger partial charge >= 0.3 is 12.1 Å². The fourth-order valence-corrected chi connectivity index (χ4v) is 6.47. The molecule has 0 bridgehead atoms. The van der Waals surface area contributed by atoms with E-state index >= 15 is 0 Å². The Morgan fingerprint density at radius 2 is 1.70 bits per heavy atom. The van der Waals surface area contributed by atoms with E-state index in [2.05, 4.69) is 21.2 Å². The van der Waals surface area contributed by atoms with Gasteiger partial charge in [0, 0.05) is 28.2 Å². The second kappa shape index (κ2) is 14.4. The predicted octanol–water partition coefficient (Wildman–Crippen LogP) is 6.40. The number of halogens is 4. The molecule has 3 amide bonds. The van der Waals surface area contributed by atoms with Crippen LogP contribution >= 0.6 is 15.9 Å². The zero-order chi connectivity index (χ0) is 36.5. The van der Waals surface area contributed by atoms with Crippen molar-refractivity contribution in [2.75, 3.05) is 37.0 Å². The van der Waals surface area contributed by atoms with Gasteiger partial charge in [-0.2, -0.15) is 13.2 Å². The van der Waals surface area contributed by atoms with Crippen molar-refractivity contribution in [2.24, 2.45) is 0 Å². The number of nitrogens with one attached hydrogen (secondary N) is 1. The molecule has 1 aliphatic rings. The highest BCUT2D eigenvalue weighted by Crippen LogP contribution is 2.39. The van der Waals surface area contributed by atoms with Gasteiger partial charge in [0.1, 0.15) is 11.8 Å². The van der Waals surface area contributed by atoms with Crippen molar-refractivity contribution < 1.29 is 37.4 Å². The summed E-state index contributed by atoms with van der Waals surface area (Å²) in [7, 11) is 3.02. The van der Waals surface area contributed by atoms with Crippen molar-refractivity contribution >= 4 is 55.8 Å². The number of hydrogen-bond acceptors (Lipinski definition) is 6. The highest BCUT2D eigenvalue weighted by atomic mass is 79.9. The second-order valence-electron chi connectivity index (χ2n) is 12.7. The third-order valence-corrected chi connectivity index (χ3v) is 9.38. The average molecular weight is 756 g/mol. The van der Waals surface area contributed by atoms with Gasteiger partial charge in [0.25, 0.3) is 11.8 Å². The number of fused-ring (bicyclic) bond motifs is 2. The standard InChI is InChI=1S/C37H38BrF3N4O5/c1-22(42-4)19-45(35(48)37(39,40)41)31-21-44(33(46)23-10-13-25(14-11-23)36(2,3)49)30-9-7-6-8-29(30)43(34(31)47)20-28-27-16-15-26(38)18-24(27)12-17-32(28)50-5/h6-18,22,31,42,49H,19-21H2,1-5H3/t22-,31-/m0/s1. The highest BCUT2D eigenvalue weighted by molar-refractivity contribution is 9.10. The molecule has 1 aliphatic heterocycles. The maximum Gasteiger partial charge on any atom is 0.471 e. The lowest BCUT2D eigenvalue weighted by molar-refractivity contribution is -0.188. The van der Waals surface area contributed by atoms with E-state index in [1.54, 1.807) is 63.2 Å². The van der Waals surface area contributed by atoms with E-state index in [9.17, 15) is 32.7 Å². The Balaban J connectivity index is 1.72. The van der Waals surface area contributed by atoms with Gasteiger partial charge in [-0.3, -0.25) is 14.4 Å². The number of benzene rings is 4. The first-order valence-electron chi connectivity index (χ1n) is 15.9. The molecule has 4 aromatic rings. The van der Waals surface area contributed by atoms with Gasteiger partial charge in [-0.1, -0.05) is 52.3 Å². The number of para-hydroxylation sites is 2. The molecule has 0 spiro atoms. The smallest absolute Gasteiger partial charge is 0.471 e. The highest BCUT2D eigenvalue weighted by Gasteiger charge is 2.49. The molecule has 50 heavy (non-hydrogen) atoms. The Morgan fingerprint density at radius 3 is 2.30 bits per heavy atom. The van der Waals surface area contributed by atoms with Gasteiger partial charge in [0.2, 0.25) is 0 Å². The third kappa shape index (κ3) is 7.49. The minimum Gasteiger partial charge on any atom is -0.496 e. The zero-order valence-electron chi connectivity index (χ0n) is 28.2. The number of likely N-dealkylation sites (N-methyl/N-ethyl adjacent to an activating group) is 1. The van der Waals surface area contributed by atoms with E-state index in [4.69, 9.17) is 4.74 Å². The summed E-state index contributed by atoms with van der Waals surface area (Å²) >= 11 is 3.48. The third-order valence-electron chi connectivity index (χ3n) is 8.88. The molecule has 2 atom stereocenters. The van der Waals surface area contributed by atoms with Crippen molar-refractivity contribution in [2.45, 2.75) is 51.2 Å². The molecule has 4 aromatic carbocycles. The van der Waals surface area contributed by atoms with Crippen LogP contribution in [0.4, 0.5) is 24.5 Å². The number of hydrogen-bond donors (Lipinski definition) is 2. The second-order valence-corrected chi connectivity index (χ2v) is 13.7. The summed E-state index contributed by atoms with van der Waals surface area (Å²) in [5.74, 6) is -3.16. The lowest BCUT2D eigenvalue weighted by Crippen LogP contribution is -2.59. The number of alkyl halides is 3. The Kier molecular flexibility index (Phi) is 10.6. The number of aliphatic hydroxyl groups is 1. The van der Waals surface area contributed by atoms with Crippen LogP contribution in [0.2, 0.25) is 0 Å². The Hall–Kier alpha value is -4.46. The minimum absolute atomic E-state index is 0.146. The summed E-state index contributed by atoms with van der Waals surface area (Å²) in [5.41, 5.74) is 0.644. The topological polar surface area (TPSA) is 102 Å². The van der Waals surface area contributed by atoms with Crippen molar-refractivity contribution in [3.8, 4) is 5.75 Å². The number of nitrogens with zero attached hydrogens (tertiary/aromatic N) is 3. The van der Waals surface area contributed by atoms with Gasteiger partial charge in [-0.15, -0.1) is 0 Å². The largest absolute Gasteiger partial charge is 0.496 e. The number of anilines is 2. The summed E-state index contributed by atoms with van der Waals surface area (Å²) in [4.78, 5) is 45.4. The van der Waals surface area contributed by atoms with Gasteiger partial charge in [0.15, 0.2) is 0 Å². The molecule has 2 N–H and O–H groups in total. The Labute approximate surface area is 296 Å². The normalized spacial score (nSPS) is 15.8. The summed E-state index contributed by atoms with van der Waals surface area (Å²) in [5, 5.41) is 14.9. The molecule has 5 rings (SSSR count). The van der Waals surface area contributed by atoms with E-state index in [0.29, 0.717) is 21.8 Å². The lowest BCUT2D eigenvalue weighted by Gasteiger charge is -2.36. The van der Waals surface area contributed by atoms with Gasteiger partial charge < -0.3 is 29.9 Å². The van der Waals surface area contributed by atoms with E-state index in [0.717, 1.165) is 15.2 Å². The molecule has 9 nitrogen and oxygen atoms in total. The molecule has 0 aromatic heterocycles. The quantitative estimate of drug-likeness (QED) is 0.205. The van der Waals surface area contributed by atoms with Gasteiger partial charge in [-0.05, 0) is 86.6 Å². The molecule has 0 saturated heterocycles. The number of amides is 3. The van der Waals surface area contributed by atoms with Crippen LogP contribution in [0.3, 0.4) is 0 Å². The van der Waals surface area contributed by atoms with E-state index < -0.39 is 54.7 Å². The fraction of sp³-hybridized carbons (Fsp3) is 0.324. The van der Waals surface area contributed by atoms with Crippen LogP contribution in [-0.4, -0.2) is 73.2 Å². The summed E-state index contributed by atoms with van der Waals surface area (Å²) < 4.78 is 49.3. The molecular formula is C37H38BrF3N4O5. The number of carbonyl (C=O) groups excluding carboxylic acids is 3. The molecule has 13 heteroatoms. The van der Waals surface area contributed by atoms with Crippen LogP contribution in [0.25, 0.3) is 10.8 Å². The molecule has 264 valence electrons. The molecule has 0 radical (unpaired) electrons. The molecule has 1 heterocycles. The SMILES string of the molecule is CN[C@@H](C)CN(C(=O)C(F)(F)F)[C@H]1CN(C(=O)c2ccc(C(C)(C)O)cc2)c2ccccc2N(Cc2c(OC)ccc3cc(Br)ccc23)C1=O. The van der Waals surface area contributed by atoms with Crippen molar-refractivity contribution in [1.82, 2.24) is 10.2 Å². The average Bonchev–Trinajstić information content (AvgIpc) is 3.19. The monoisotopic (exact) mass is 754 g/mol. The van der Waals surface area contributed by atoms with Crippen LogP contribution in [0, 0.1) is 0 Å². The number of carbonyl (C=O) groups is 3. The number of methoxy groups -OCH3 is 1. The zero-order valence-corrected chi connectivity index (χ0v) is 29.8. The van der Waals surface area contributed by atoms with E-state index in [1.165, 1.54) is 36.1 Å². The first-order valence-corrected chi connectivity index (χ1v) is 16.7. The van der Waals surface area contributed by atoms with Crippen LogP contribution < -0.4 is 19.9 Å². The molecule has 0 unspecified atom stereocenters. The summed E-state index contributed by atoms with van der Waals surface area (Å²) in [6, 6.07) is 19.6. The van der Waals surface area contributed by atoms with Crippen molar-refractivity contribution in [1.29, 1.82) is 0 Å². The maximum absolute atomic E-state index is 14.8. The van der Waals surface area contributed by atoms with Gasteiger partial charge in [-0.25, -0.2) is 0 Å². The Morgan fingerprint density at radius 1 is 1.04 bits per heavy atom. The first-order chi connectivity index (χ1) is 23.5. The van der Waals surface area contributed by atoms with Gasteiger partial charge in [0.05, 0.1) is 37.2 Å². The summed E-state index contributed by atoms with van der Waals surface area (Å²) in [6.07, 6.45) is -5.30. The minimum atomic E-state index is -5.30. The van der Waals surface area contributed by atoms with E-state index in [1.807, 2.05) is 24.3 Å². The Bertz CT molecular complexity index is 1910. The van der Waals surface area contributed by atoms with Crippen molar-refractivity contribution in [3.63, 3.8) is 0 Å². The van der Waals surface area contributed by atoms with Crippen LogP contribution in [0.15, 0.2) is 83.3 Å². The maximum atomic E-state index is 14.8. The molecular weight excluding hydrogens is 717 g/mol. The first kappa shape index (κ1) is 36.8. The fourth-order valence-electron chi connectivity index (χ4n) is 6.09. The van der Waals surface area contributed by atoms with Crippen LogP contribution in [0.5, 0.6) is 5.75 Å². The predicted molar refractivity (Wildman–Crippen MR) is 189 cm³/mol. The molecule has 0 fully saturated rings. The van der Waals surface area contributed by atoms with E-state index in [-0.39, 0.29) is 23.5 Å². The number of ether oxygens (including phenoxy) is 1.